The zero-order chi connectivity index (χ0) is 17.3. The van der Waals surface area contributed by atoms with Gasteiger partial charge in [0.1, 0.15) is 17.6 Å². The summed E-state index contributed by atoms with van der Waals surface area (Å²) in [7, 11) is 1.55. The molecule has 7 heteroatoms. The summed E-state index contributed by atoms with van der Waals surface area (Å²) in [5, 5.41) is 9.00. The predicted molar refractivity (Wildman–Crippen MR) is 92.2 cm³/mol. The molecule has 1 aliphatic rings. The Bertz CT molecular complexity index is 819. The van der Waals surface area contributed by atoms with Crippen molar-refractivity contribution < 1.29 is 14.3 Å². The number of anilines is 4. The van der Waals surface area contributed by atoms with Crippen LogP contribution in [0.2, 0.25) is 0 Å². The number of methoxy groups -OCH3 is 1. The Morgan fingerprint density at radius 2 is 2.08 bits per heavy atom. The second kappa shape index (κ2) is 6.19. The molecule has 0 aliphatic carbocycles. The molecule has 3 N–H and O–H groups in total. The van der Waals surface area contributed by atoms with Gasteiger partial charge in [0.15, 0.2) is 11.6 Å². The SMILES string of the molecule is COc1cc(C(C)=O)ccc1Nc1ccc2c(n1)N[C@H](C)C(=O)N2. The molecule has 0 radical (unpaired) electrons. The molecule has 24 heavy (non-hydrogen) atoms. The number of nitrogens with one attached hydrogen (secondary N) is 3. The second-order valence-electron chi connectivity index (χ2n) is 5.54. The summed E-state index contributed by atoms with van der Waals surface area (Å²) in [6.45, 7) is 3.28. The van der Waals surface area contributed by atoms with E-state index in [9.17, 15) is 9.59 Å². The van der Waals surface area contributed by atoms with Gasteiger partial charge in [-0.05, 0) is 44.2 Å². The molecule has 2 aromatic rings. The molecule has 0 saturated carbocycles. The fourth-order valence-electron chi connectivity index (χ4n) is 2.40. The van der Waals surface area contributed by atoms with Crippen molar-refractivity contribution in [2.24, 2.45) is 0 Å². The summed E-state index contributed by atoms with van der Waals surface area (Å²) < 4.78 is 5.34. The van der Waals surface area contributed by atoms with Crippen molar-refractivity contribution in [2.75, 3.05) is 23.1 Å². The Morgan fingerprint density at radius 3 is 2.79 bits per heavy atom. The summed E-state index contributed by atoms with van der Waals surface area (Å²) in [5.41, 5.74) is 1.92. The zero-order valence-corrected chi connectivity index (χ0v) is 13.6. The van der Waals surface area contributed by atoms with Gasteiger partial charge in [0, 0.05) is 5.56 Å². The third-order valence-corrected chi connectivity index (χ3v) is 3.77. The predicted octanol–water partition coefficient (Wildman–Crippen LogP) is 2.79. The lowest BCUT2D eigenvalue weighted by atomic mass is 10.1. The van der Waals surface area contributed by atoms with Crippen LogP contribution in [0.5, 0.6) is 5.75 Å². The van der Waals surface area contributed by atoms with Crippen LogP contribution in [0.1, 0.15) is 24.2 Å². The topological polar surface area (TPSA) is 92.3 Å². The Morgan fingerprint density at radius 1 is 1.29 bits per heavy atom. The standard InChI is InChI=1S/C17H18N4O3/c1-9-17(23)20-13-6-7-15(21-16(13)18-9)19-12-5-4-11(10(2)22)8-14(12)24-3/h4-9H,1-3H3,(H,20,23)(H2,18,19,21)/t9-/m1/s1. The van der Waals surface area contributed by atoms with Gasteiger partial charge in [0.05, 0.1) is 18.5 Å². The third kappa shape index (κ3) is 3.01. The molecule has 124 valence electrons. The highest BCUT2D eigenvalue weighted by Crippen LogP contribution is 2.31. The molecule has 3 rings (SSSR count). The lowest BCUT2D eigenvalue weighted by molar-refractivity contribution is -0.116. The van der Waals surface area contributed by atoms with Gasteiger partial charge in [-0.2, -0.15) is 0 Å². The summed E-state index contributed by atoms with van der Waals surface area (Å²) in [5.74, 6) is 1.63. The number of hydrogen-bond donors (Lipinski definition) is 3. The van der Waals surface area contributed by atoms with Crippen molar-refractivity contribution in [2.45, 2.75) is 19.9 Å². The maximum absolute atomic E-state index is 11.6. The number of hydrogen-bond acceptors (Lipinski definition) is 6. The minimum atomic E-state index is -0.343. The molecule has 1 amide bonds. The van der Waals surface area contributed by atoms with Crippen LogP contribution in [0.4, 0.5) is 23.0 Å². The average Bonchev–Trinajstić information content (AvgIpc) is 2.56. The largest absolute Gasteiger partial charge is 0.495 e. The number of fused-ring (bicyclic) bond motifs is 1. The number of rotatable bonds is 4. The van der Waals surface area contributed by atoms with Crippen LogP contribution >= 0.6 is 0 Å². The molecule has 1 aliphatic heterocycles. The zero-order valence-electron chi connectivity index (χ0n) is 13.6. The summed E-state index contributed by atoms with van der Waals surface area (Å²) in [4.78, 5) is 27.6. The van der Waals surface area contributed by atoms with Gasteiger partial charge < -0.3 is 20.7 Å². The maximum atomic E-state index is 11.6. The second-order valence-corrected chi connectivity index (χ2v) is 5.54. The quantitative estimate of drug-likeness (QED) is 0.748. The van der Waals surface area contributed by atoms with E-state index in [4.69, 9.17) is 4.74 Å². The van der Waals surface area contributed by atoms with Crippen LogP contribution in [0, 0.1) is 0 Å². The van der Waals surface area contributed by atoms with E-state index < -0.39 is 0 Å². The van der Waals surface area contributed by atoms with Gasteiger partial charge in [-0.15, -0.1) is 0 Å². The normalized spacial score (nSPS) is 15.8. The number of pyridine rings is 1. The molecular weight excluding hydrogens is 308 g/mol. The first-order valence-corrected chi connectivity index (χ1v) is 7.52. The number of ketones is 1. The Hall–Kier alpha value is -3.09. The number of carbonyl (C=O) groups excluding carboxylic acids is 2. The van der Waals surface area contributed by atoms with E-state index in [1.807, 2.05) is 0 Å². The van der Waals surface area contributed by atoms with E-state index >= 15 is 0 Å². The van der Waals surface area contributed by atoms with E-state index in [0.717, 1.165) is 0 Å². The van der Waals surface area contributed by atoms with Gasteiger partial charge in [-0.25, -0.2) is 4.98 Å². The summed E-state index contributed by atoms with van der Waals surface area (Å²) in [6.07, 6.45) is 0. The lowest BCUT2D eigenvalue weighted by Crippen LogP contribution is -2.36. The van der Waals surface area contributed by atoms with Gasteiger partial charge >= 0.3 is 0 Å². The van der Waals surface area contributed by atoms with Gasteiger partial charge in [0.2, 0.25) is 5.91 Å². The third-order valence-electron chi connectivity index (χ3n) is 3.77. The highest BCUT2D eigenvalue weighted by Gasteiger charge is 2.22. The Kier molecular flexibility index (Phi) is 4.07. The highest BCUT2D eigenvalue weighted by atomic mass is 16.5. The van der Waals surface area contributed by atoms with E-state index in [1.165, 1.54) is 6.92 Å². The molecule has 2 heterocycles. The molecule has 1 atom stereocenters. The molecule has 7 nitrogen and oxygen atoms in total. The van der Waals surface area contributed by atoms with Crippen LogP contribution in [0.15, 0.2) is 30.3 Å². The maximum Gasteiger partial charge on any atom is 0.246 e. The molecule has 0 saturated heterocycles. The fourth-order valence-corrected chi connectivity index (χ4v) is 2.40. The van der Waals surface area contributed by atoms with Gasteiger partial charge in [0.25, 0.3) is 0 Å². The van der Waals surface area contributed by atoms with Crippen molar-refractivity contribution >= 4 is 34.7 Å². The smallest absolute Gasteiger partial charge is 0.246 e. The lowest BCUT2D eigenvalue weighted by Gasteiger charge is -2.23. The van der Waals surface area contributed by atoms with Crippen LogP contribution in [0.3, 0.4) is 0 Å². The summed E-state index contributed by atoms with van der Waals surface area (Å²) >= 11 is 0. The van der Waals surface area contributed by atoms with Crippen LogP contribution < -0.4 is 20.7 Å². The van der Waals surface area contributed by atoms with Crippen molar-refractivity contribution in [1.82, 2.24) is 4.98 Å². The van der Waals surface area contributed by atoms with Crippen molar-refractivity contribution in [3.63, 3.8) is 0 Å². The van der Waals surface area contributed by atoms with Crippen molar-refractivity contribution in [1.29, 1.82) is 0 Å². The first-order chi connectivity index (χ1) is 11.5. The molecule has 1 aromatic carbocycles. The minimum absolute atomic E-state index is 0.0271. The van der Waals surface area contributed by atoms with E-state index in [2.05, 4.69) is 20.9 Å². The van der Waals surface area contributed by atoms with Crippen molar-refractivity contribution in [3.8, 4) is 5.75 Å². The Labute approximate surface area is 139 Å². The van der Waals surface area contributed by atoms with E-state index in [0.29, 0.717) is 34.3 Å². The first-order valence-electron chi connectivity index (χ1n) is 7.52. The molecule has 0 bridgehead atoms. The van der Waals surface area contributed by atoms with E-state index in [-0.39, 0.29) is 17.7 Å². The number of ether oxygens (including phenoxy) is 1. The first kappa shape index (κ1) is 15.8. The summed E-state index contributed by atoms with van der Waals surface area (Å²) in [6, 6.07) is 8.38. The molecule has 0 spiro atoms. The fraction of sp³-hybridized carbons (Fsp3) is 0.235. The number of Topliss-reactive ketones (excluding diaryl/α,β-unsaturated/α-hetero) is 1. The average molecular weight is 326 g/mol. The minimum Gasteiger partial charge on any atom is -0.495 e. The number of carbonyl (C=O) groups is 2. The highest BCUT2D eigenvalue weighted by molar-refractivity contribution is 6.02. The molecular formula is C17H18N4O3. The number of aromatic nitrogens is 1. The number of nitrogens with zero attached hydrogens (tertiary/aromatic N) is 1. The van der Waals surface area contributed by atoms with Crippen LogP contribution in [-0.2, 0) is 4.79 Å². The molecule has 1 aromatic heterocycles. The number of amides is 1. The van der Waals surface area contributed by atoms with Crippen LogP contribution in [0.25, 0.3) is 0 Å². The van der Waals surface area contributed by atoms with Gasteiger partial charge in [-0.1, -0.05) is 0 Å². The van der Waals surface area contributed by atoms with Gasteiger partial charge in [-0.3, -0.25) is 9.59 Å². The Balaban J connectivity index is 1.88. The molecule has 0 fully saturated rings. The number of benzene rings is 1. The van der Waals surface area contributed by atoms with Crippen LogP contribution in [-0.4, -0.2) is 29.8 Å². The van der Waals surface area contributed by atoms with Crippen molar-refractivity contribution in [3.05, 3.63) is 35.9 Å². The molecule has 0 unspecified atom stereocenters. The van der Waals surface area contributed by atoms with E-state index in [1.54, 1.807) is 44.4 Å². The monoisotopic (exact) mass is 326 g/mol.